The van der Waals surface area contributed by atoms with E-state index < -0.39 is 0 Å². The molecule has 0 aromatic heterocycles. The Bertz CT molecular complexity index is 399. The number of carbonyl (C=O) groups excluding carboxylic acids is 1. The van der Waals surface area contributed by atoms with Gasteiger partial charge >= 0.3 is 0 Å². The number of benzene rings is 1. The van der Waals surface area contributed by atoms with Crippen molar-refractivity contribution < 1.29 is 4.79 Å². The van der Waals surface area contributed by atoms with Crippen LogP contribution in [0.4, 0.5) is 5.69 Å². The topological polar surface area (TPSA) is 41.1 Å². The highest BCUT2D eigenvalue weighted by atomic mass is 16.1. The van der Waals surface area contributed by atoms with Gasteiger partial charge in [0.05, 0.1) is 6.54 Å². The Morgan fingerprint density at radius 3 is 2.67 bits per heavy atom. The van der Waals surface area contributed by atoms with Gasteiger partial charge in [-0.2, -0.15) is 0 Å². The zero-order valence-corrected chi connectivity index (χ0v) is 11.8. The maximum absolute atomic E-state index is 11.8. The number of anilines is 1. The molecule has 0 unspecified atom stereocenters. The largest absolute Gasteiger partial charge is 0.325 e. The van der Waals surface area contributed by atoms with E-state index in [0.717, 1.165) is 24.1 Å². The van der Waals surface area contributed by atoms with Gasteiger partial charge in [-0.15, -0.1) is 0 Å². The maximum atomic E-state index is 11.8. The van der Waals surface area contributed by atoms with Gasteiger partial charge < -0.3 is 10.6 Å². The third-order valence-electron chi connectivity index (χ3n) is 2.90. The van der Waals surface area contributed by atoms with Crippen LogP contribution in [-0.2, 0) is 4.79 Å². The molecule has 3 nitrogen and oxygen atoms in total. The van der Waals surface area contributed by atoms with Gasteiger partial charge in [0.15, 0.2) is 0 Å². The van der Waals surface area contributed by atoms with Crippen LogP contribution < -0.4 is 10.6 Å². The SMILES string of the molecule is CCCC(C)(C)NCC(=O)Nc1cccc(C)c1. The van der Waals surface area contributed by atoms with Crippen molar-refractivity contribution in [2.75, 3.05) is 11.9 Å². The van der Waals surface area contributed by atoms with Crippen molar-refractivity contribution in [2.24, 2.45) is 0 Å². The maximum Gasteiger partial charge on any atom is 0.238 e. The molecule has 1 amide bonds. The summed E-state index contributed by atoms with van der Waals surface area (Å²) in [6.07, 6.45) is 2.17. The lowest BCUT2D eigenvalue weighted by Crippen LogP contribution is -2.43. The predicted molar refractivity (Wildman–Crippen MR) is 76.8 cm³/mol. The van der Waals surface area contributed by atoms with E-state index in [0.29, 0.717) is 6.54 Å². The fourth-order valence-electron chi connectivity index (χ4n) is 1.96. The van der Waals surface area contributed by atoms with Crippen LogP contribution in [0.3, 0.4) is 0 Å². The van der Waals surface area contributed by atoms with Crippen molar-refractivity contribution >= 4 is 11.6 Å². The standard InChI is InChI=1S/C15H24N2O/c1-5-9-15(3,4)16-11-14(18)17-13-8-6-7-12(2)10-13/h6-8,10,16H,5,9,11H2,1-4H3,(H,17,18). The van der Waals surface area contributed by atoms with Gasteiger partial charge in [0.2, 0.25) is 5.91 Å². The lowest BCUT2D eigenvalue weighted by atomic mass is 9.99. The van der Waals surface area contributed by atoms with E-state index >= 15 is 0 Å². The molecular formula is C15H24N2O. The first-order valence-electron chi connectivity index (χ1n) is 6.54. The Kier molecular flexibility index (Phi) is 5.35. The van der Waals surface area contributed by atoms with Gasteiger partial charge in [-0.05, 0) is 44.9 Å². The minimum atomic E-state index is 0.00442. The lowest BCUT2D eigenvalue weighted by Gasteiger charge is -2.25. The second-order valence-corrected chi connectivity index (χ2v) is 5.41. The van der Waals surface area contributed by atoms with Gasteiger partial charge in [0, 0.05) is 11.2 Å². The zero-order chi connectivity index (χ0) is 13.6. The molecule has 2 N–H and O–H groups in total. The summed E-state index contributed by atoms with van der Waals surface area (Å²) in [5.41, 5.74) is 2.01. The summed E-state index contributed by atoms with van der Waals surface area (Å²) < 4.78 is 0. The average molecular weight is 248 g/mol. The molecule has 18 heavy (non-hydrogen) atoms. The van der Waals surface area contributed by atoms with E-state index in [9.17, 15) is 4.79 Å². The molecule has 1 aromatic rings. The second-order valence-electron chi connectivity index (χ2n) is 5.41. The summed E-state index contributed by atoms with van der Waals surface area (Å²) in [7, 11) is 0. The summed E-state index contributed by atoms with van der Waals surface area (Å²) in [4.78, 5) is 11.8. The summed E-state index contributed by atoms with van der Waals surface area (Å²) in [6, 6.07) is 7.83. The van der Waals surface area contributed by atoms with Crippen molar-refractivity contribution in [3.8, 4) is 0 Å². The third-order valence-corrected chi connectivity index (χ3v) is 2.90. The summed E-state index contributed by atoms with van der Waals surface area (Å²) >= 11 is 0. The summed E-state index contributed by atoms with van der Waals surface area (Å²) in [5.74, 6) is 0.00442. The third kappa shape index (κ3) is 5.32. The fraction of sp³-hybridized carbons (Fsp3) is 0.533. The Morgan fingerprint density at radius 1 is 1.33 bits per heavy atom. The van der Waals surface area contributed by atoms with Crippen LogP contribution in [-0.4, -0.2) is 18.0 Å². The quantitative estimate of drug-likeness (QED) is 0.812. The smallest absolute Gasteiger partial charge is 0.238 e. The van der Waals surface area contributed by atoms with Crippen LogP contribution in [0.2, 0.25) is 0 Å². The molecular weight excluding hydrogens is 224 g/mol. The Morgan fingerprint density at radius 2 is 2.06 bits per heavy atom. The highest BCUT2D eigenvalue weighted by molar-refractivity contribution is 5.92. The van der Waals surface area contributed by atoms with Crippen molar-refractivity contribution in [1.82, 2.24) is 5.32 Å². The van der Waals surface area contributed by atoms with Crippen LogP contribution in [0.1, 0.15) is 39.2 Å². The van der Waals surface area contributed by atoms with Crippen LogP contribution >= 0.6 is 0 Å². The van der Waals surface area contributed by atoms with Crippen LogP contribution in [0.15, 0.2) is 24.3 Å². The number of carbonyl (C=O) groups is 1. The van der Waals surface area contributed by atoms with Gasteiger partial charge in [-0.25, -0.2) is 0 Å². The molecule has 0 heterocycles. The Hall–Kier alpha value is -1.35. The molecule has 0 radical (unpaired) electrons. The van der Waals surface area contributed by atoms with Gasteiger partial charge in [-0.3, -0.25) is 4.79 Å². The second kappa shape index (κ2) is 6.55. The number of hydrogen-bond acceptors (Lipinski definition) is 2. The minimum Gasteiger partial charge on any atom is -0.325 e. The predicted octanol–water partition coefficient (Wildman–Crippen LogP) is 3.10. The van der Waals surface area contributed by atoms with E-state index in [1.807, 2.05) is 31.2 Å². The molecule has 0 spiro atoms. The number of hydrogen-bond donors (Lipinski definition) is 2. The Labute approximate surface area is 110 Å². The summed E-state index contributed by atoms with van der Waals surface area (Å²) in [5, 5.41) is 6.18. The zero-order valence-electron chi connectivity index (χ0n) is 11.8. The minimum absolute atomic E-state index is 0.00442. The van der Waals surface area contributed by atoms with Gasteiger partial charge in [-0.1, -0.05) is 25.5 Å². The molecule has 0 saturated heterocycles. The molecule has 3 heteroatoms. The molecule has 0 fully saturated rings. The molecule has 0 saturated carbocycles. The summed E-state index contributed by atoms with van der Waals surface area (Å²) in [6.45, 7) is 8.75. The number of aryl methyl sites for hydroxylation is 1. The molecule has 0 aliphatic heterocycles. The van der Waals surface area contributed by atoms with Crippen molar-refractivity contribution in [3.05, 3.63) is 29.8 Å². The van der Waals surface area contributed by atoms with Crippen molar-refractivity contribution in [3.63, 3.8) is 0 Å². The Balaban J connectivity index is 2.43. The fourth-order valence-corrected chi connectivity index (χ4v) is 1.96. The highest BCUT2D eigenvalue weighted by Crippen LogP contribution is 2.11. The molecule has 0 bridgehead atoms. The number of amides is 1. The lowest BCUT2D eigenvalue weighted by molar-refractivity contribution is -0.115. The van der Waals surface area contributed by atoms with E-state index in [-0.39, 0.29) is 11.4 Å². The number of rotatable bonds is 6. The van der Waals surface area contributed by atoms with Crippen LogP contribution in [0.25, 0.3) is 0 Å². The molecule has 1 rings (SSSR count). The number of nitrogens with one attached hydrogen (secondary N) is 2. The van der Waals surface area contributed by atoms with Crippen molar-refractivity contribution in [1.29, 1.82) is 0 Å². The van der Waals surface area contributed by atoms with E-state index in [1.54, 1.807) is 0 Å². The first kappa shape index (κ1) is 14.7. The van der Waals surface area contributed by atoms with E-state index in [2.05, 4.69) is 31.4 Å². The van der Waals surface area contributed by atoms with E-state index in [1.165, 1.54) is 0 Å². The van der Waals surface area contributed by atoms with Crippen LogP contribution in [0, 0.1) is 6.92 Å². The molecule has 0 aliphatic carbocycles. The van der Waals surface area contributed by atoms with Crippen LogP contribution in [0.5, 0.6) is 0 Å². The first-order chi connectivity index (χ1) is 8.43. The molecule has 1 aromatic carbocycles. The average Bonchev–Trinajstić information content (AvgIpc) is 2.26. The van der Waals surface area contributed by atoms with Gasteiger partial charge in [0.25, 0.3) is 0 Å². The molecule has 100 valence electrons. The molecule has 0 atom stereocenters. The molecule has 0 aliphatic rings. The first-order valence-corrected chi connectivity index (χ1v) is 6.54. The van der Waals surface area contributed by atoms with Crippen molar-refractivity contribution in [2.45, 2.75) is 46.1 Å². The normalized spacial score (nSPS) is 11.3. The van der Waals surface area contributed by atoms with E-state index in [4.69, 9.17) is 0 Å². The highest BCUT2D eigenvalue weighted by Gasteiger charge is 2.16. The van der Waals surface area contributed by atoms with Gasteiger partial charge in [0.1, 0.15) is 0 Å². The monoisotopic (exact) mass is 248 g/mol.